The lowest BCUT2D eigenvalue weighted by Gasteiger charge is -2.37. The lowest BCUT2D eigenvalue weighted by atomic mass is 9.73. The SMILES string of the molecule is C=CCC(NC(=O)OC(C)(C)C)(C(=O)O)C(CC)CCCB1OC(C)(C)C(C)(C)O1. The molecule has 8 heteroatoms. The van der Waals surface area contributed by atoms with Gasteiger partial charge in [-0.25, -0.2) is 9.59 Å². The van der Waals surface area contributed by atoms with Crippen molar-refractivity contribution in [2.24, 2.45) is 5.92 Å². The molecule has 1 heterocycles. The molecule has 30 heavy (non-hydrogen) atoms. The van der Waals surface area contributed by atoms with Crippen molar-refractivity contribution in [3.63, 3.8) is 0 Å². The van der Waals surface area contributed by atoms with Gasteiger partial charge in [0.1, 0.15) is 11.1 Å². The van der Waals surface area contributed by atoms with E-state index in [9.17, 15) is 14.7 Å². The Balaban J connectivity index is 2.90. The Bertz CT molecular complexity index is 612. The van der Waals surface area contributed by atoms with Crippen LogP contribution in [0.2, 0.25) is 6.32 Å². The average molecular weight is 425 g/mol. The molecule has 172 valence electrons. The smallest absolute Gasteiger partial charge is 0.457 e. The molecule has 1 saturated heterocycles. The molecule has 1 aliphatic heterocycles. The molecule has 1 aliphatic rings. The number of carbonyl (C=O) groups excluding carboxylic acids is 1. The van der Waals surface area contributed by atoms with E-state index in [0.717, 1.165) is 0 Å². The van der Waals surface area contributed by atoms with Crippen LogP contribution in [0.25, 0.3) is 0 Å². The van der Waals surface area contributed by atoms with Gasteiger partial charge in [-0.1, -0.05) is 25.8 Å². The van der Waals surface area contributed by atoms with Gasteiger partial charge in [0.15, 0.2) is 0 Å². The van der Waals surface area contributed by atoms with E-state index >= 15 is 0 Å². The molecule has 2 unspecified atom stereocenters. The number of hydrogen-bond donors (Lipinski definition) is 2. The lowest BCUT2D eigenvalue weighted by Crippen LogP contribution is -2.59. The van der Waals surface area contributed by atoms with E-state index < -0.39 is 34.4 Å². The van der Waals surface area contributed by atoms with Gasteiger partial charge in [-0.2, -0.15) is 0 Å². The summed E-state index contributed by atoms with van der Waals surface area (Å²) in [7, 11) is -0.329. The van der Waals surface area contributed by atoms with Crippen LogP contribution in [0.15, 0.2) is 12.7 Å². The molecule has 1 rings (SSSR count). The Kier molecular flexibility index (Phi) is 8.59. The molecule has 0 bridgehead atoms. The van der Waals surface area contributed by atoms with Crippen molar-refractivity contribution in [1.82, 2.24) is 5.32 Å². The highest BCUT2D eigenvalue weighted by atomic mass is 16.7. The fraction of sp³-hybridized carbons (Fsp3) is 0.818. The zero-order valence-electron chi connectivity index (χ0n) is 20.0. The molecule has 0 aliphatic carbocycles. The molecule has 0 aromatic rings. The number of carboxylic acids is 1. The number of nitrogens with one attached hydrogen (secondary N) is 1. The summed E-state index contributed by atoms with van der Waals surface area (Å²) in [6.45, 7) is 18.9. The predicted molar refractivity (Wildman–Crippen MR) is 118 cm³/mol. The van der Waals surface area contributed by atoms with Gasteiger partial charge < -0.3 is 24.5 Å². The largest absolute Gasteiger partial charge is 0.479 e. The molecule has 1 fully saturated rings. The molecule has 0 spiro atoms. The van der Waals surface area contributed by atoms with Crippen LogP contribution in [-0.2, 0) is 18.8 Å². The van der Waals surface area contributed by atoms with Crippen LogP contribution < -0.4 is 5.32 Å². The minimum absolute atomic E-state index is 0.108. The maximum atomic E-state index is 12.4. The van der Waals surface area contributed by atoms with Crippen molar-refractivity contribution in [2.75, 3.05) is 0 Å². The first-order valence-corrected chi connectivity index (χ1v) is 10.8. The molecule has 7 nitrogen and oxygen atoms in total. The Morgan fingerprint density at radius 1 is 1.20 bits per heavy atom. The number of carbonyl (C=O) groups is 2. The minimum atomic E-state index is -1.48. The Morgan fingerprint density at radius 3 is 2.13 bits per heavy atom. The van der Waals surface area contributed by atoms with Crippen LogP contribution in [0.3, 0.4) is 0 Å². The summed E-state index contributed by atoms with van der Waals surface area (Å²) in [4.78, 5) is 24.8. The summed E-state index contributed by atoms with van der Waals surface area (Å²) in [6, 6.07) is 0. The van der Waals surface area contributed by atoms with Gasteiger partial charge in [0.2, 0.25) is 0 Å². The monoisotopic (exact) mass is 425 g/mol. The third-order valence-electron chi connectivity index (χ3n) is 6.06. The Labute approximate surface area is 182 Å². The standard InChI is InChI=1S/C22H40BNO6/c1-10-14-22(17(25)26,24-18(27)28-19(3,4)5)16(11-2)13-12-15-23-29-20(6,7)21(8,9)30-23/h10,16H,1,11-15H2,2-9H3,(H,24,27)(H,25,26). The van der Waals surface area contributed by atoms with Gasteiger partial charge in [-0.15, -0.1) is 6.58 Å². The topological polar surface area (TPSA) is 94.1 Å². The van der Waals surface area contributed by atoms with E-state index in [1.807, 2.05) is 34.6 Å². The van der Waals surface area contributed by atoms with E-state index in [1.165, 1.54) is 6.08 Å². The van der Waals surface area contributed by atoms with Crippen LogP contribution in [0.4, 0.5) is 4.79 Å². The van der Waals surface area contributed by atoms with Gasteiger partial charge >= 0.3 is 19.2 Å². The van der Waals surface area contributed by atoms with Gasteiger partial charge in [-0.05, 0) is 73.5 Å². The van der Waals surface area contributed by atoms with Crippen molar-refractivity contribution < 1.29 is 28.7 Å². The fourth-order valence-corrected chi connectivity index (χ4v) is 3.76. The first kappa shape index (κ1) is 26.5. The average Bonchev–Trinajstić information content (AvgIpc) is 2.76. The van der Waals surface area contributed by atoms with Crippen LogP contribution in [0.1, 0.15) is 81.1 Å². The third kappa shape index (κ3) is 6.48. The minimum Gasteiger partial charge on any atom is -0.479 e. The zero-order valence-corrected chi connectivity index (χ0v) is 20.0. The summed E-state index contributed by atoms with van der Waals surface area (Å²) in [5.74, 6) is -1.39. The number of hydrogen-bond acceptors (Lipinski definition) is 5. The summed E-state index contributed by atoms with van der Waals surface area (Å²) in [5, 5.41) is 12.7. The molecular weight excluding hydrogens is 385 g/mol. The van der Waals surface area contributed by atoms with Crippen molar-refractivity contribution in [3.8, 4) is 0 Å². The van der Waals surface area contributed by atoms with Gasteiger partial charge in [0.25, 0.3) is 0 Å². The van der Waals surface area contributed by atoms with Gasteiger partial charge in [-0.3, -0.25) is 0 Å². The quantitative estimate of drug-likeness (QED) is 0.385. The third-order valence-corrected chi connectivity index (χ3v) is 6.06. The Morgan fingerprint density at radius 2 is 1.73 bits per heavy atom. The number of amides is 1. The molecular formula is C22H40BNO6. The predicted octanol–water partition coefficient (Wildman–Crippen LogP) is 4.81. The fourth-order valence-electron chi connectivity index (χ4n) is 3.76. The number of aliphatic carboxylic acids is 1. The normalized spacial score (nSPS) is 20.9. The van der Waals surface area contributed by atoms with Crippen LogP contribution in [-0.4, -0.2) is 46.6 Å². The van der Waals surface area contributed by atoms with Crippen LogP contribution in [0, 0.1) is 5.92 Å². The van der Waals surface area contributed by atoms with Gasteiger partial charge in [0.05, 0.1) is 11.2 Å². The van der Waals surface area contributed by atoms with Crippen LogP contribution >= 0.6 is 0 Å². The van der Waals surface area contributed by atoms with Crippen molar-refractivity contribution >= 4 is 19.2 Å². The second-order valence-electron chi connectivity index (χ2n) is 10.1. The first-order valence-electron chi connectivity index (χ1n) is 10.8. The summed E-state index contributed by atoms with van der Waals surface area (Å²) in [5.41, 5.74) is -2.99. The van der Waals surface area contributed by atoms with Crippen LogP contribution in [0.5, 0.6) is 0 Å². The summed E-state index contributed by atoms with van der Waals surface area (Å²) >= 11 is 0. The second kappa shape index (κ2) is 9.73. The maximum Gasteiger partial charge on any atom is 0.457 e. The van der Waals surface area contributed by atoms with Crippen molar-refractivity contribution in [3.05, 3.63) is 12.7 Å². The highest BCUT2D eigenvalue weighted by molar-refractivity contribution is 6.45. The Hall–Kier alpha value is -1.54. The number of alkyl carbamates (subject to hydrolysis) is 1. The molecule has 2 atom stereocenters. The van der Waals surface area contributed by atoms with E-state index in [2.05, 4.69) is 11.9 Å². The lowest BCUT2D eigenvalue weighted by molar-refractivity contribution is -0.147. The highest BCUT2D eigenvalue weighted by Crippen LogP contribution is 2.39. The number of carboxylic acid groups (broad SMARTS) is 1. The molecule has 0 radical (unpaired) electrons. The summed E-state index contributed by atoms with van der Waals surface area (Å²) < 4.78 is 17.4. The summed E-state index contributed by atoms with van der Waals surface area (Å²) in [6.07, 6.45) is 3.43. The van der Waals surface area contributed by atoms with E-state index in [1.54, 1.807) is 20.8 Å². The highest BCUT2D eigenvalue weighted by Gasteiger charge is 2.51. The molecule has 0 aromatic carbocycles. The van der Waals surface area contributed by atoms with E-state index in [4.69, 9.17) is 14.0 Å². The molecule has 0 aromatic heterocycles. The number of rotatable bonds is 10. The zero-order chi connectivity index (χ0) is 23.4. The number of ether oxygens (including phenoxy) is 1. The van der Waals surface area contributed by atoms with Crippen molar-refractivity contribution in [1.29, 1.82) is 0 Å². The van der Waals surface area contributed by atoms with Crippen molar-refractivity contribution in [2.45, 2.75) is 110 Å². The maximum absolute atomic E-state index is 12.4. The second-order valence-corrected chi connectivity index (χ2v) is 10.1. The van der Waals surface area contributed by atoms with E-state index in [0.29, 0.717) is 25.6 Å². The molecule has 0 saturated carbocycles. The molecule has 2 N–H and O–H groups in total. The van der Waals surface area contributed by atoms with E-state index in [-0.39, 0.29) is 19.5 Å². The first-order chi connectivity index (χ1) is 13.6. The van der Waals surface area contributed by atoms with Gasteiger partial charge in [0, 0.05) is 0 Å². The molecule has 1 amide bonds.